The van der Waals surface area contributed by atoms with Crippen LogP contribution in [0.15, 0.2) is 48.8 Å². The van der Waals surface area contributed by atoms with Crippen LogP contribution in [-0.2, 0) is 11.4 Å². The molecule has 0 radical (unpaired) electrons. The van der Waals surface area contributed by atoms with Gasteiger partial charge in [-0.3, -0.25) is 9.78 Å². The molecule has 132 valence electrons. The Hall–Kier alpha value is -1.78. The highest BCUT2D eigenvalue weighted by atomic mass is 35.5. The molecule has 2 unspecified atom stereocenters. The summed E-state index contributed by atoms with van der Waals surface area (Å²) < 4.78 is 4.78. The lowest BCUT2D eigenvalue weighted by Crippen LogP contribution is -2.35. The third kappa shape index (κ3) is 3.91. The normalized spacial score (nSPS) is 22.1. The van der Waals surface area contributed by atoms with Crippen LogP contribution in [0.5, 0.6) is 5.75 Å². The van der Waals surface area contributed by atoms with Gasteiger partial charge in [-0.15, -0.1) is 23.2 Å². The lowest BCUT2D eigenvalue weighted by Gasteiger charge is -2.19. The van der Waals surface area contributed by atoms with Gasteiger partial charge in [0.2, 0.25) is 5.91 Å². The first-order chi connectivity index (χ1) is 11.8. The first kappa shape index (κ1) is 18.0. The van der Waals surface area contributed by atoms with Gasteiger partial charge in [0.25, 0.3) is 0 Å². The Kier molecular flexibility index (Phi) is 4.94. The van der Waals surface area contributed by atoms with Crippen LogP contribution in [0.25, 0.3) is 0 Å². The number of carbonyl (C=O) groups is 1. The molecule has 1 aliphatic rings. The van der Waals surface area contributed by atoms with E-state index in [0.29, 0.717) is 13.0 Å². The van der Waals surface area contributed by atoms with Gasteiger partial charge in [-0.25, -0.2) is 0 Å². The van der Waals surface area contributed by atoms with E-state index in [-0.39, 0.29) is 11.9 Å². The zero-order valence-electron chi connectivity index (χ0n) is 14.1. The maximum absolute atomic E-state index is 12.3. The molecule has 0 spiro atoms. The average Bonchev–Trinajstić information content (AvgIpc) is 3.14. The van der Waals surface area contributed by atoms with Crippen molar-refractivity contribution in [1.29, 1.82) is 0 Å². The van der Waals surface area contributed by atoms with E-state index >= 15 is 0 Å². The van der Waals surface area contributed by atoms with Crippen LogP contribution >= 0.6 is 23.2 Å². The smallest absolute Gasteiger partial charge is 0.229 e. The van der Waals surface area contributed by atoms with E-state index in [1.807, 2.05) is 43.3 Å². The van der Waals surface area contributed by atoms with Crippen molar-refractivity contribution in [2.75, 3.05) is 0 Å². The number of halogens is 2. The van der Waals surface area contributed by atoms with E-state index in [2.05, 4.69) is 10.3 Å². The van der Waals surface area contributed by atoms with Gasteiger partial charge in [-0.2, -0.15) is 0 Å². The fourth-order valence-electron chi connectivity index (χ4n) is 2.59. The summed E-state index contributed by atoms with van der Waals surface area (Å²) in [4.78, 5) is 16.4. The van der Waals surface area contributed by atoms with Crippen molar-refractivity contribution in [2.45, 2.75) is 37.3 Å². The Morgan fingerprint density at radius 2 is 2.00 bits per heavy atom. The third-order valence-corrected chi connectivity index (χ3v) is 5.72. The molecular formula is C19H20Cl2N2O2. The quantitative estimate of drug-likeness (QED) is 0.756. The van der Waals surface area contributed by atoms with E-state index in [4.69, 9.17) is 27.9 Å². The van der Waals surface area contributed by atoms with Crippen LogP contribution in [0.2, 0.25) is 0 Å². The Balaban J connectivity index is 1.56. The Bertz CT molecular complexity index is 750. The van der Waals surface area contributed by atoms with Crippen molar-refractivity contribution >= 4 is 29.1 Å². The molecule has 2 aromatic rings. The predicted octanol–water partition coefficient (Wildman–Crippen LogP) is 4.42. The van der Waals surface area contributed by atoms with E-state index in [1.54, 1.807) is 19.3 Å². The molecule has 1 fully saturated rings. The summed E-state index contributed by atoms with van der Waals surface area (Å²) in [7, 11) is 0. The molecule has 1 aromatic carbocycles. The number of hydrogen-bond donors (Lipinski definition) is 1. The molecule has 25 heavy (non-hydrogen) atoms. The Morgan fingerprint density at radius 3 is 2.56 bits per heavy atom. The molecule has 0 aliphatic heterocycles. The second-order valence-electron chi connectivity index (χ2n) is 6.63. The average molecular weight is 379 g/mol. The summed E-state index contributed by atoms with van der Waals surface area (Å²) in [5, 5.41) is 2.97. The molecule has 1 saturated carbocycles. The lowest BCUT2D eigenvalue weighted by molar-refractivity contribution is -0.126. The number of alkyl halides is 2. The van der Waals surface area contributed by atoms with Crippen molar-refractivity contribution in [1.82, 2.24) is 10.3 Å². The van der Waals surface area contributed by atoms with Crippen molar-refractivity contribution in [2.24, 2.45) is 5.41 Å². The number of rotatable bonds is 6. The largest absolute Gasteiger partial charge is 0.489 e. The van der Waals surface area contributed by atoms with E-state index in [0.717, 1.165) is 16.9 Å². The summed E-state index contributed by atoms with van der Waals surface area (Å²) >= 11 is 12.1. The van der Waals surface area contributed by atoms with Crippen molar-refractivity contribution < 1.29 is 9.53 Å². The van der Waals surface area contributed by atoms with Crippen LogP contribution in [0.1, 0.15) is 37.4 Å². The van der Waals surface area contributed by atoms with Gasteiger partial charge in [0.1, 0.15) is 16.7 Å². The predicted molar refractivity (Wildman–Crippen MR) is 98.7 cm³/mol. The highest BCUT2D eigenvalue weighted by molar-refractivity contribution is 6.53. The highest BCUT2D eigenvalue weighted by Gasteiger charge is 2.67. The summed E-state index contributed by atoms with van der Waals surface area (Å²) in [5.41, 5.74) is 1.29. The maximum atomic E-state index is 12.3. The summed E-state index contributed by atoms with van der Waals surface area (Å²) in [6.45, 7) is 4.18. The van der Waals surface area contributed by atoms with Crippen LogP contribution in [-0.4, -0.2) is 15.2 Å². The minimum atomic E-state index is -0.958. The number of pyridine rings is 1. The zero-order valence-corrected chi connectivity index (χ0v) is 15.6. The second-order valence-corrected chi connectivity index (χ2v) is 8.11. The van der Waals surface area contributed by atoms with Gasteiger partial charge < -0.3 is 10.1 Å². The van der Waals surface area contributed by atoms with Crippen LogP contribution < -0.4 is 10.1 Å². The van der Waals surface area contributed by atoms with Crippen LogP contribution in [0.4, 0.5) is 0 Å². The first-order valence-corrected chi connectivity index (χ1v) is 8.88. The van der Waals surface area contributed by atoms with Gasteiger partial charge in [-0.1, -0.05) is 18.2 Å². The Labute approximate surface area is 157 Å². The second kappa shape index (κ2) is 6.85. The van der Waals surface area contributed by atoms with E-state index < -0.39 is 9.75 Å². The summed E-state index contributed by atoms with van der Waals surface area (Å²) in [6.07, 6.45) is 3.98. The fraction of sp³-hybridized carbons (Fsp3) is 0.368. The molecular weight excluding hydrogens is 359 g/mol. The first-order valence-electron chi connectivity index (χ1n) is 8.12. The monoisotopic (exact) mass is 378 g/mol. The number of aromatic nitrogens is 1. The summed E-state index contributed by atoms with van der Waals surface area (Å²) in [6, 6.07) is 11.4. The van der Waals surface area contributed by atoms with Crippen LogP contribution in [0, 0.1) is 5.41 Å². The fourth-order valence-corrected chi connectivity index (χ4v) is 3.29. The van der Waals surface area contributed by atoms with Gasteiger partial charge in [-0.05, 0) is 44.0 Å². The zero-order chi connectivity index (χ0) is 18.1. The van der Waals surface area contributed by atoms with E-state index in [9.17, 15) is 4.79 Å². The number of benzene rings is 1. The molecule has 0 bridgehead atoms. The molecule has 1 N–H and O–H groups in total. The van der Waals surface area contributed by atoms with Crippen molar-refractivity contribution in [3.05, 3.63) is 59.9 Å². The lowest BCUT2D eigenvalue weighted by atomic mass is 10.1. The van der Waals surface area contributed by atoms with Crippen LogP contribution in [0.3, 0.4) is 0 Å². The molecule has 2 atom stereocenters. The number of ether oxygens (including phenoxy) is 1. The van der Waals surface area contributed by atoms with Crippen molar-refractivity contribution in [3.8, 4) is 5.75 Å². The molecule has 0 saturated heterocycles. The minimum Gasteiger partial charge on any atom is -0.489 e. The number of carbonyl (C=O) groups excluding carboxylic acids is 1. The topological polar surface area (TPSA) is 51.2 Å². The number of nitrogens with zero attached hydrogens (tertiary/aromatic N) is 1. The standard InChI is InChI=1S/C19H20Cl2N2O2/c1-13(23-17(24)18(2)12-19(18,20)21)15-5-7-16(8-6-15)25-11-14-4-3-9-22-10-14/h3-10,13H,11-12H2,1-2H3,(H,23,24). The summed E-state index contributed by atoms with van der Waals surface area (Å²) in [5.74, 6) is 0.641. The number of amides is 1. The molecule has 1 amide bonds. The molecule has 3 rings (SSSR count). The van der Waals surface area contributed by atoms with Gasteiger partial charge >= 0.3 is 0 Å². The van der Waals surface area contributed by atoms with E-state index in [1.165, 1.54) is 0 Å². The highest BCUT2D eigenvalue weighted by Crippen LogP contribution is 2.63. The molecule has 1 heterocycles. The number of hydrogen-bond acceptors (Lipinski definition) is 3. The Morgan fingerprint density at radius 1 is 1.32 bits per heavy atom. The third-order valence-electron chi connectivity index (χ3n) is 4.61. The van der Waals surface area contributed by atoms with Gasteiger partial charge in [0.15, 0.2) is 0 Å². The molecule has 4 nitrogen and oxygen atoms in total. The van der Waals surface area contributed by atoms with Gasteiger partial charge in [0.05, 0.1) is 11.5 Å². The van der Waals surface area contributed by atoms with Crippen molar-refractivity contribution in [3.63, 3.8) is 0 Å². The molecule has 1 aliphatic carbocycles. The number of nitrogens with one attached hydrogen (secondary N) is 1. The molecule has 1 aromatic heterocycles. The minimum absolute atomic E-state index is 0.123. The molecule has 6 heteroatoms. The van der Waals surface area contributed by atoms with Gasteiger partial charge in [0, 0.05) is 18.0 Å². The SMILES string of the molecule is CC(NC(=O)C1(C)CC1(Cl)Cl)c1ccc(OCc2cccnc2)cc1. The maximum Gasteiger partial charge on any atom is 0.229 e.